The number of hydrogen-bond donors (Lipinski definition) is 1. The van der Waals surface area contributed by atoms with Crippen LogP contribution in [-0.2, 0) is 26.2 Å². The van der Waals surface area contributed by atoms with Crippen molar-refractivity contribution in [2.24, 2.45) is 0 Å². The van der Waals surface area contributed by atoms with E-state index in [1.807, 2.05) is 24.3 Å². The minimum absolute atomic E-state index is 0.0218. The molecule has 1 atom stereocenters. The SMILES string of the molecule is CC(C(=O)NC1CCCC1)N(Cc1ccc(Br)cc1)C(=O)CN(c1cc(Cl)c(Cl)cc1Cl)S(C)(=O)=O. The zero-order chi connectivity index (χ0) is 26.6. The molecule has 0 bridgehead atoms. The molecule has 2 amide bonds. The number of sulfonamides is 1. The van der Waals surface area contributed by atoms with Gasteiger partial charge in [0.25, 0.3) is 0 Å². The highest BCUT2D eigenvalue weighted by Gasteiger charge is 2.32. The molecule has 0 spiro atoms. The van der Waals surface area contributed by atoms with Crippen LogP contribution in [0.1, 0.15) is 38.2 Å². The predicted molar refractivity (Wildman–Crippen MR) is 148 cm³/mol. The molecule has 2 aromatic carbocycles. The van der Waals surface area contributed by atoms with Crippen molar-refractivity contribution in [1.29, 1.82) is 0 Å². The van der Waals surface area contributed by atoms with Crippen LogP contribution in [0.2, 0.25) is 15.1 Å². The maximum absolute atomic E-state index is 13.6. The lowest BCUT2D eigenvalue weighted by Gasteiger charge is -2.32. The molecular formula is C24H27BrCl3N3O4S. The lowest BCUT2D eigenvalue weighted by atomic mass is 10.1. The molecule has 1 fully saturated rings. The van der Waals surface area contributed by atoms with Gasteiger partial charge in [-0.1, -0.05) is 75.7 Å². The van der Waals surface area contributed by atoms with Gasteiger partial charge in [-0.15, -0.1) is 0 Å². The first-order valence-corrected chi connectivity index (χ1v) is 15.1. The van der Waals surface area contributed by atoms with Crippen LogP contribution >= 0.6 is 50.7 Å². The Kier molecular flexibility index (Phi) is 9.96. The summed E-state index contributed by atoms with van der Waals surface area (Å²) in [6.07, 6.45) is 4.87. The highest BCUT2D eigenvalue weighted by atomic mass is 79.9. The van der Waals surface area contributed by atoms with Gasteiger partial charge in [0.1, 0.15) is 12.6 Å². The molecule has 2 aromatic rings. The number of rotatable bonds is 9. The molecule has 1 N–H and O–H groups in total. The van der Waals surface area contributed by atoms with E-state index < -0.39 is 28.5 Å². The van der Waals surface area contributed by atoms with E-state index in [9.17, 15) is 18.0 Å². The fourth-order valence-electron chi connectivity index (χ4n) is 4.06. The van der Waals surface area contributed by atoms with Crippen LogP contribution in [0.5, 0.6) is 0 Å². The zero-order valence-corrected chi connectivity index (χ0v) is 24.5. The summed E-state index contributed by atoms with van der Waals surface area (Å²) in [4.78, 5) is 28.1. The van der Waals surface area contributed by atoms with Gasteiger partial charge in [-0.25, -0.2) is 8.42 Å². The summed E-state index contributed by atoms with van der Waals surface area (Å²) in [6.45, 7) is 1.17. The Bertz CT molecular complexity index is 1220. The summed E-state index contributed by atoms with van der Waals surface area (Å²) >= 11 is 21.8. The van der Waals surface area contributed by atoms with Crippen LogP contribution in [-0.4, -0.2) is 50.0 Å². The minimum atomic E-state index is -3.95. The monoisotopic (exact) mass is 637 g/mol. The molecule has 1 unspecified atom stereocenters. The number of nitrogens with one attached hydrogen (secondary N) is 1. The van der Waals surface area contributed by atoms with Crippen LogP contribution in [0, 0.1) is 0 Å². The van der Waals surface area contributed by atoms with Crippen molar-refractivity contribution in [2.75, 3.05) is 17.1 Å². The van der Waals surface area contributed by atoms with E-state index in [4.69, 9.17) is 34.8 Å². The largest absolute Gasteiger partial charge is 0.352 e. The lowest BCUT2D eigenvalue weighted by molar-refractivity contribution is -0.139. The molecule has 1 aliphatic carbocycles. The standard InChI is InChI=1S/C24H27BrCl3N3O4S/c1-15(24(33)29-18-5-3-4-6-18)30(13-16-7-9-17(25)10-8-16)23(32)14-31(36(2,34)35)22-12-20(27)19(26)11-21(22)28/h7-12,15,18H,3-6,13-14H2,1-2H3,(H,29,33). The van der Waals surface area contributed by atoms with E-state index in [2.05, 4.69) is 21.2 Å². The van der Waals surface area contributed by atoms with Crippen LogP contribution in [0.25, 0.3) is 0 Å². The fourth-order valence-corrected chi connectivity index (χ4v) is 5.87. The number of carbonyl (C=O) groups is 2. The van der Waals surface area contributed by atoms with Gasteiger partial charge in [-0.2, -0.15) is 0 Å². The molecule has 0 aliphatic heterocycles. The summed E-state index contributed by atoms with van der Waals surface area (Å²) in [7, 11) is -3.95. The predicted octanol–water partition coefficient (Wildman–Crippen LogP) is 5.65. The van der Waals surface area contributed by atoms with Crippen molar-refractivity contribution in [2.45, 2.75) is 51.2 Å². The van der Waals surface area contributed by atoms with Crippen LogP contribution < -0.4 is 9.62 Å². The number of anilines is 1. The number of amides is 2. The normalized spacial score (nSPS) is 14.9. The van der Waals surface area contributed by atoms with E-state index >= 15 is 0 Å². The Morgan fingerprint density at radius 2 is 1.64 bits per heavy atom. The third kappa shape index (κ3) is 7.51. The van der Waals surface area contributed by atoms with Crippen LogP contribution in [0.4, 0.5) is 5.69 Å². The number of benzene rings is 2. The molecule has 3 rings (SSSR count). The van der Waals surface area contributed by atoms with Crippen molar-refractivity contribution in [3.8, 4) is 0 Å². The maximum atomic E-state index is 13.6. The van der Waals surface area contributed by atoms with Crippen molar-refractivity contribution in [1.82, 2.24) is 10.2 Å². The Hall–Kier alpha value is -1.52. The average Bonchev–Trinajstić information content (AvgIpc) is 3.31. The van der Waals surface area contributed by atoms with Crippen molar-refractivity contribution in [3.63, 3.8) is 0 Å². The summed E-state index contributed by atoms with van der Waals surface area (Å²) in [6, 6.07) is 9.18. The molecule has 0 saturated heterocycles. The first-order chi connectivity index (χ1) is 16.9. The average molecular weight is 640 g/mol. The van der Waals surface area contributed by atoms with Crippen molar-refractivity contribution in [3.05, 3.63) is 61.5 Å². The summed E-state index contributed by atoms with van der Waals surface area (Å²) < 4.78 is 27.1. The molecule has 1 saturated carbocycles. The third-order valence-corrected chi connectivity index (χ3v) is 8.75. The first kappa shape index (κ1) is 29.0. The smallest absolute Gasteiger partial charge is 0.244 e. The molecule has 196 valence electrons. The van der Waals surface area contributed by atoms with Crippen molar-refractivity contribution < 1.29 is 18.0 Å². The van der Waals surface area contributed by atoms with Gasteiger partial charge >= 0.3 is 0 Å². The Morgan fingerprint density at radius 1 is 1.06 bits per heavy atom. The minimum Gasteiger partial charge on any atom is -0.352 e. The van der Waals surface area contributed by atoms with E-state index in [1.54, 1.807) is 6.92 Å². The third-order valence-electron chi connectivity index (χ3n) is 6.07. The topological polar surface area (TPSA) is 86.8 Å². The number of hydrogen-bond acceptors (Lipinski definition) is 4. The highest BCUT2D eigenvalue weighted by molar-refractivity contribution is 9.10. The second-order valence-corrected chi connectivity index (χ2v) is 12.8. The molecule has 0 radical (unpaired) electrons. The van der Waals surface area contributed by atoms with Crippen molar-refractivity contribution >= 4 is 78.3 Å². The van der Waals surface area contributed by atoms with Gasteiger partial charge in [-0.3, -0.25) is 13.9 Å². The van der Waals surface area contributed by atoms with Crippen LogP contribution in [0.3, 0.4) is 0 Å². The lowest BCUT2D eigenvalue weighted by Crippen LogP contribution is -2.52. The maximum Gasteiger partial charge on any atom is 0.244 e. The number of nitrogens with zero attached hydrogens (tertiary/aromatic N) is 2. The second-order valence-electron chi connectivity index (χ2n) is 8.80. The van der Waals surface area contributed by atoms with Gasteiger partial charge in [0, 0.05) is 17.1 Å². The zero-order valence-electron chi connectivity index (χ0n) is 19.8. The molecular weight excluding hydrogens is 613 g/mol. The first-order valence-electron chi connectivity index (χ1n) is 11.3. The molecule has 7 nitrogen and oxygen atoms in total. The van der Waals surface area contributed by atoms with Crippen LogP contribution in [0.15, 0.2) is 40.9 Å². The molecule has 0 aromatic heterocycles. The Labute approximate surface area is 235 Å². The molecule has 36 heavy (non-hydrogen) atoms. The van der Waals surface area contributed by atoms with Gasteiger partial charge in [0.15, 0.2) is 0 Å². The number of halogens is 4. The van der Waals surface area contributed by atoms with E-state index in [1.165, 1.54) is 17.0 Å². The quantitative estimate of drug-likeness (QED) is 0.360. The Balaban J connectivity index is 1.92. The van der Waals surface area contributed by atoms with E-state index in [0.29, 0.717) is 0 Å². The van der Waals surface area contributed by atoms with Gasteiger partial charge < -0.3 is 10.2 Å². The Morgan fingerprint density at radius 3 is 2.22 bits per heavy atom. The summed E-state index contributed by atoms with van der Waals surface area (Å²) in [5, 5.41) is 3.29. The summed E-state index contributed by atoms with van der Waals surface area (Å²) in [5.41, 5.74) is 0.805. The van der Waals surface area contributed by atoms with E-state index in [-0.39, 0.29) is 39.2 Å². The van der Waals surface area contributed by atoms with Gasteiger partial charge in [0.05, 0.1) is 27.0 Å². The highest BCUT2D eigenvalue weighted by Crippen LogP contribution is 2.35. The second kappa shape index (κ2) is 12.3. The molecule has 1 aliphatic rings. The molecule has 12 heteroatoms. The number of carbonyl (C=O) groups excluding carboxylic acids is 2. The van der Waals surface area contributed by atoms with E-state index in [0.717, 1.165) is 46.3 Å². The van der Waals surface area contributed by atoms with Gasteiger partial charge in [-0.05, 0) is 49.6 Å². The molecule has 0 heterocycles. The fraction of sp³-hybridized carbons (Fsp3) is 0.417. The van der Waals surface area contributed by atoms with Gasteiger partial charge in [0.2, 0.25) is 21.8 Å². The summed E-state index contributed by atoms with van der Waals surface area (Å²) in [5.74, 6) is -0.856.